The number of carboxylic acid groups (broad SMARTS) is 1. The second-order valence-electron chi connectivity index (χ2n) is 5.62. The zero-order valence-corrected chi connectivity index (χ0v) is 14.8. The van der Waals surface area contributed by atoms with Crippen LogP contribution in [-0.2, 0) is 0 Å². The number of fused-ring (bicyclic) bond motifs is 1. The first-order valence-electron chi connectivity index (χ1n) is 7.83. The summed E-state index contributed by atoms with van der Waals surface area (Å²) in [4.78, 5) is 18.5. The third kappa shape index (κ3) is 3.30. The Labute approximate surface area is 157 Å². The number of imidazole rings is 1. The fourth-order valence-corrected chi connectivity index (χ4v) is 2.71. The van der Waals surface area contributed by atoms with Gasteiger partial charge in [-0.15, -0.1) is 0 Å². The summed E-state index contributed by atoms with van der Waals surface area (Å²) in [5.74, 6) is 1.08. The Balaban J connectivity index is 1.66. The SMILES string of the molecule is COc1ccc(Oc2cc3nc(-n4cc(C(=O)O)cn4)[nH]c3cc2Cl)cc1. The van der Waals surface area contributed by atoms with Crippen LogP contribution in [0.25, 0.3) is 17.0 Å². The normalized spacial score (nSPS) is 10.9. The molecule has 0 amide bonds. The molecule has 9 heteroatoms. The Morgan fingerprint density at radius 3 is 2.63 bits per heavy atom. The van der Waals surface area contributed by atoms with E-state index in [1.54, 1.807) is 43.5 Å². The molecule has 2 aromatic carbocycles. The zero-order valence-electron chi connectivity index (χ0n) is 14.0. The number of carbonyl (C=O) groups is 1. The predicted octanol–water partition coefficient (Wildman–Crippen LogP) is 3.90. The van der Waals surface area contributed by atoms with Gasteiger partial charge in [0, 0.05) is 12.3 Å². The summed E-state index contributed by atoms with van der Waals surface area (Å²) < 4.78 is 12.3. The minimum Gasteiger partial charge on any atom is -0.497 e. The van der Waals surface area contributed by atoms with Gasteiger partial charge in [0.25, 0.3) is 0 Å². The number of aromatic amines is 1. The monoisotopic (exact) mass is 384 g/mol. The molecule has 0 atom stereocenters. The number of nitrogens with one attached hydrogen (secondary N) is 1. The molecule has 0 spiro atoms. The Bertz CT molecular complexity index is 1130. The summed E-state index contributed by atoms with van der Waals surface area (Å²) in [6.07, 6.45) is 2.62. The van der Waals surface area contributed by atoms with Crippen LogP contribution in [0, 0.1) is 0 Å². The van der Waals surface area contributed by atoms with Gasteiger partial charge in [-0.3, -0.25) is 0 Å². The highest BCUT2D eigenvalue weighted by molar-refractivity contribution is 6.32. The molecular weight excluding hydrogens is 372 g/mol. The molecule has 0 unspecified atom stereocenters. The van der Waals surface area contributed by atoms with Crippen molar-refractivity contribution in [1.29, 1.82) is 0 Å². The molecule has 0 bridgehead atoms. The first-order chi connectivity index (χ1) is 13.0. The highest BCUT2D eigenvalue weighted by Crippen LogP contribution is 2.33. The Morgan fingerprint density at radius 2 is 1.96 bits per heavy atom. The summed E-state index contributed by atoms with van der Waals surface area (Å²) in [6, 6.07) is 10.5. The van der Waals surface area contributed by atoms with Crippen molar-refractivity contribution in [3.05, 3.63) is 59.4 Å². The largest absolute Gasteiger partial charge is 0.497 e. The summed E-state index contributed by atoms with van der Waals surface area (Å²) >= 11 is 6.32. The van der Waals surface area contributed by atoms with Gasteiger partial charge in [0.05, 0.1) is 34.9 Å². The quantitative estimate of drug-likeness (QED) is 0.541. The van der Waals surface area contributed by atoms with Crippen LogP contribution in [0.15, 0.2) is 48.8 Å². The number of hydrogen-bond donors (Lipinski definition) is 2. The minimum absolute atomic E-state index is 0.0667. The number of rotatable bonds is 5. The van der Waals surface area contributed by atoms with E-state index in [0.717, 1.165) is 5.75 Å². The Kier molecular flexibility index (Phi) is 4.17. The fraction of sp³-hybridized carbons (Fsp3) is 0.0556. The van der Waals surface area contributed by atoms with E-state index in [4.69, 9.17) is 26.2 Å². The van der Waals surface area contributed by atoms with Crippen molar-refractivity contribution >= 4 is 28.6 Å². The van der Waals surface area contributed by atoms with Crippen molar-refractivity contribution in [2.75, 3.05) is 7.11 Å². The average Bonchev–Trinajstić information content (AvgIpc) is 3.29. The van der Waals surface area contributed by atoms with Crippen molar-refractivity contribution in [3.8, 4) is 23.2 Å². The van der Waals surface area contributed by atoms with E-state index in [9.17, 15) is 4.79 Å². The summed E-state index contributed by atoms with van der Waals surface area (Å²) in [6.45, 7) is 0. The predicted molar refractivity (Wildman–Crippen MR) is 98.3 cm³/mol. The number of ether oxygens (including phenoxy) is 2. The number of methoxy groups -OCH3 is 1. The number of H-pyrrole nitrogens is 1. The number of aromatic carboxylic acids is 1. The van der Waals surface area contributed by atoms with Crippen LogP contribution in [-0.4, -0.2) is 37.9 Å². The van der Waals surface area contributed by atoms with Gasteiger partial charge in [-0.2, -0.15) is 5.10 Å². The van der Waals surface area contributed by atoms with Gasteiger partial charge in [-0.25, -0.2) is 14.5 Å². The molecule has 27 heavy (non-hydrogen) atoms. The molecule has 8 nitrogen and oxygen atoms in total. The molecule has 0 saturated carbocycles. The van der Waals surface area contributed by atoms with Gasteiger partial charge < -0.3 is 19.6 Å². The third-order valence-electron chi connectivity index (χ3n) is 3.86. The van der Waals surface area contributed by atoms with Crippen LogP contribution < -0.4 is 9.47 Å². The van der Waals surface area contributed by atoms with E-state index in [1.807, 2.05) is 0 Å². The number of carboxylic acids is 1. The molecule has 4 aromatic rings. The Hall–Kier alpha value is -3.52. The highest BCUT2D eigenvalue weighted by Gasteiger charge is 2.13. The number of hydrogen-bond acceptors (Lipinski definition) is 5. The highest BCUT2D eigenvalue weighted by atomic mass is 35.5. The van der Waals surface area contributed by atoms with E-state index in [1.165, 1.54) is 17.1 Å². The molecule has 0 saturated heterocycles. The van der Waals surface area contributed by atoms with Crippen LogP contribution in [0.5, 0.6) is 17.2 Å². The molecule has 2 N–H and O–H groups in total. The zero-order chi connectivity index (χ0) is 19.0. The summed E-state index contributed by atoms with van der Waals surface area (Å²) in [7, 11) is 1.59. The van der Waals surface area contributed by atoms with Crippen LogP contribution in [0.1, 0.15) is 10.4 Å². The third-order valence-corrected chi connectivity index (χ3v) is 4.15. The van der Waals surface area contributed by atoms with Crippen LogP contribution in [0.3, 0.4) is 0 Å². The van der Waals surface area contributed by atoms with Gasteiger partial charge >= 0.3 is 5.97 Å². The van der Waals surface area contributed by atoms with Crippen molar-refractivity contribution in [2.45, 2.75) is 0 Å². The van der Waals surface area contributed by atoms with Crippen LogP contribution in [0.4, 0.5) is 0 Å². The van der Waals surface area contributed by atoms with Crippen molar-refractivity contribution < 1.29 is 19.4 Å². The average molecular weight is 385 g/mol. The van der Waals surface area contributed by atoms with E-state index < -0.39 is 5.97 Å². The van der Waals surface area contributed by atoms with Crippen molar-refractivity contribution in [3.63, 3.8) is 0 Å². The maximum Gasteiger partial charge on any atom is 0.338 e. The smallest absolute Gasteiger partial charge is 0.338 e. The lowest BCUT2D eigenvalue weighted by atomic mass is 10.3. The van der Waals surface area contributed by atoms with Gasteiger partial charge in [0.1, 0.15) is 17.2 Å². The molecule has 0 aliphatic carbocycles. The lowest BCUT2D eigenvalue weighted by Crippen LogP contribution is -1.97. The van der Waals surface area contributed by atoms with Gasteiger partial charge in [0.2, 0.25) is 5.95 Å². The van der Waals surface area contributed by atoms with Crippen molar-refractivity contribution in [1.82, 2.24) is 19.7 Å². The van der Waals surface area contributed by atoms with Crippen molar-refractivity contribution in [2.24, 2.45) is 0 Å². The molecule has 0 aliphatic rings. The van der Waals surface area contributed by atoms with E-state index in [0.29, 0.717) is 33.5 Å². The lowest BCUT2D eigenvalue weighted by Gasteiger charge is -2.08. The second-order valence-corrected chi connectivity index (χ2v) is 6.02. The number of aromatic nitrogens is 4. The van der Waals surface area contributed by atoms with E-state index in [2.05, 4.69) is 15.1 Å². The van der Waals surface area contributed by atoms with E-state index in [-0.39, 0.29) is 5.56 Å². The first kappa shape index (κ1) is 16.9. The maximum absolute atomic E-state index is 11.0. The lowest BCUT2D eigenvalue weighted by molar-refractivity contribution is 0.0697. The molecule has 2 heterocycles. The minimum atomic E-state index is -1.06. The number of benzene rings is 2. The Morgan fingerprint density at radius 1 is 1.22 bits per heavy atom. The van der Waals surface area contributed by atoms with Gasteiger partial charge in [0.15, 0.2) is 0 Å². The number of halogens is 1. The number of nitrogens with zero attached hydrogens (tertiary/aromatic N) is 3. The second kappa shape index (κ2) is 6.65. The van der Waals surface area contributed by atoms with E-state index >= 15 is 0 Å². The topological polar surface area (TPSA) is 102 Å². The molecule has 0 fully saturated rings. The molecule has 4 rings (SSSR count). The summed E-state index contributed by atoms with van der Waals surface area (Å²) in [5.41, 5.74) is 1.34. The van der Waals surface area contributed by atoms with Crippen LogP contribution >= 0.6 is 11.6 Å². The van der Waals surface area contributed by atoms with Crippen LogP contribution in [0.2, 0.25) is 5.02 Å². The fourth-order valence-electron chi connectivity index (χ4n) is 2.50. The van der Waals surface area contributed by atoms with Gasteiger partial charge in [-0.05, 0) is 30.3 Å². The van der Waals surface area contributed by atoms with Gasteiger partial charge in [-0.1, -0.05) is 11.6 Å². The maximum atomic E-state index is 11.0. The molecule has 2 aromatic heterocycles. The molecule has 0 aliphatic heterocycles. The molecule has 0 radical (unpaired) electrons. The summed E-state index contributed by atoms with van der Waals surface area (Å²) in [5, 5.41) is 13.4. The first-order valence-corrected chi connectivity index (χ1v) is 8.21. The standard InChI is InChI=1S/C18H13ClN4O4/c1-26-11-2-4-12(5-3-11)27-16-7-15-14(6-13(16)19)21-18(22-15)23-9-10(8-20-23)17(24)25/h2-9H,1H3,(H,21,22)(H,24,25). The molecule has 136 valence electrons. The molecular formula is C18H13ClN4O4.